The quantitative estimate of drug-likeness (QED) is 0.670. The van der Waals surface area contributed by atoms with Gasteiger partial charge in [-0.3, -0.25) is 20.2 Å². The Morgan fingerprint density at radius 2 is 2.05 bits per heavy atom. The largest absolute Gasteiger partial charge is 0.490 e. The van der Waals surface area contributed by atoms with Crippen molar-refractivity contribution < 1.29 is 14.5 Å². The lowest BCUT2D eigenvalue weighted by molar-refractivity contribution is -0.385. The highest BCUT2D eigenvalue weighted by molar-refractivity contribution is 6.03. The van der Waals surface area contributed by atoms with Crippen LogP contribution in [0.15, 0.2) is 36.7 Å². The van der Waals surface area contributed by atoms with E-state index >= 15 is 0 Å². The first kappa shape index (κ1) is 13.4. The zero-order valence-electron chi connectivity index (χ0n) is 10.4. The van der Waals surface area contributed by atoms with Crippen LogP contribution in [-0.4, -0.2) is 27.9 Å². The van der Waals surface area contributed by atoms with Crippen LogP contribution < -0.4 is 10.1 Å². The number of hydrogen-bond acceptors (Lipinski definition) is 6. The molecular formula is C12H10N4O4. The third kappa shape index (κ3) is 2.86. The number of nitrogens with one attached hydrogen (secondary N) is 1. The second-order valence-electron chi connectivity index (χ2n) is 3.67. The summed E-state index contributed by atoms with van der Waals surface area (Å²) in [6.45, 7) is 0. The normalized spacial score (nSPS) is 9.85. The third-order valence-corrected chi connectivity index (χ3v) is 2.43. The number of nitrogens with zero attached hydrogens (tertiary/aromatic N) is 3. The molecule has 0 aliphatic heterocycles. The molecule has 2 rings (SSSR count). The van der Waals surface area contributed by atoms with E-state index in [0.29, 0.717) is 0 Å². The number of carbonyl (C=O) groups excluding carboxylic acids is 1. The summed E-state index contributed by atoms with van der Waals surface area (Å²) in [5.74, 6) is -0.333. The van der Waals surface area contributed by atoms with Crippen molar-refractivity contribution in [2.24, 2.45) is 0 Å². The van der Waals surface area contributed by atoms with Crippen molar-refractivity contribution in [1.82, 2.24) is 9.97 Å². The van der Waals surface area contributed by atoms with E-state index in [1.165, 1.54) is 31.6 Å². The van der Waals surface area contributed by atoms with Gasteiger partial charge < -0.3 is 4.74 Å². The van der Waals surface area contributed by atoms with Crippen molar-refractivity contribution in [3.63, 3.8) is 0 Å². The molecule has 0 saturated carbocycles. The number of anilines is 1. The number of amides is 1. The summed E-state index contributed by atoms with van der Waals surface area (Å²) >= 11 is 0. The van der Waals surface area contributed by atoms with E-state index < -0.39 is 10.8 Å². The van der Waals surface area contributed by atoms with Gasteiger partial charge in [0, 0.05) is 24.0 Å². The molecule has 8 heteroatoms. The highest BCUT2D eigenvalue weighted by Gasteiger charge is 2.18. The van der Waals surface area contributed by atoms with Crippen molar-refractivity contribution in [2.75, 3.05) is 12.4 Å². The van der Waals surface area contributed by atoms with Gasteiger partial charge in [-0.15, -0.1) is 0 Å². The highest BCUT2D eigenvalue weighted by Crippen LogP contribution is 2.27. The molecule has 0 atom stereocenters. The lowest BCUT2D eigenvalue weighted by Crippen LogP contribution is -2.14. The minimum absolute atomic E-state index is 0.0857. The van der Waals surface area contributed by atoms with Gasteiger partial charge in [0.05, 0.1) is 12.0 Å². The molecule has 0 aliphatic carbocycles. The van der Waals surface area contributed by atoms with E-state index in [4.69, 9.17) is 4.74 Å². The molecule has 0 unspecified atom stereocenters. The Morgan fingerprint density at radius 3 is 2.65 bits per heavy atom. The van der Waals surface area contributed by atoms with Crippen LogP contribution in [0, 0.1) is 10.1 Å². The van der Waals surface area contributed by atoms with Crippen molar-refractivity contribution in [1.29, 1.82) is 0 Å². The Kier molecular flexibility index (Phi) is 3.85. The molecule has 1 amide bonds. The molecule has 0 saturated heterocycles. The number of nitro groups is 1. The topological polar surface area (TPSA) is 107 Å². The Bertz CT molecular complexity index is 645. The standard InChI is InChI=1S/C12H10N4O4/c1-20-10-4-3-8(7-9(10)16(18)19)11(17)15-12-13-5-2-6-14-12/h2-7H,1H3,(H,13,14,15,17). The molecule has 1 aromatic heterocycles. The Hall–Kier alpha value is -3.03. The molecule has 0 bridgehead atoms. The zero-order valence-corrected chi connectivity index (χ0v) is 10.4. The molecule has 1 aromatic carbocycles. The minimum Gasteiger partial charge on any atom is -0.490 e. The highest BCUT2D eigenvalue weighted by atomic mass is 16.6. The summed E-state index contributed by atoms with van der Waals surface area (Å²) in [4.78, 5) is 29.9. The van der Waals surface area contributed by atoms with Gasteiger partial charge in [-0.05, 0) is 18.2 Å². The lowest BCUT2D eigenvalue weighted by atomic mass is 10.2. The molecule has 2 aromatic rings. The monoisotopic (exact) mass is 274 g/mol. The van der Waals surface area contributed by atoms with Crippen molar-refractivity contribution in [3.8, 4) is 5.75 Å². The van der Waals surface area contributed by atoms with Gasteiger partial charge in [0.15, 0.2) is 5.75 Å². The molecule has 1 N–H and O–H groups in total. The first-order chi connectivity index (χ1) is 9.61. The van der Waals surface area contributed by atoms with E-state index in [1.807, 2.05) is 0 Å². The lowest BCUT2D eigenvalue weighted by Gasteiger charge is -2.05. The molecular weight excluding hydrogens is 264 g/mol. The third-order valence-electron chi connectivity index (χ3n) is 2.43. The number of rotatable bonds is 4. The number of methoxy groups -OCH3 is 1. The van der Waals surface area contributed by atoms with E-state index in [1.54, 1.807) is 6.07 Å². The van der Waals surface area contributed by atoms with Crippen LogP contribution in [0.3, 0.4) is 0 Å². The van der Waals surface area contributed by atoms with E-state index in [0.717, 1.165) is 6.07 Å². The Balaban J connectivity index is 2.27. The van der Waals surface area contributed by atoms with Crippen LogP contribution >= 0.6 is 0 Å². The average Bonchev–Trinajstić information content (AvgIpc) is 2.47. The predicted octanol–water partition coefficient (Wildman–Crippen LogP) is 1.65. The molecule has 1 heterocycles. The van der Waals surface area contributed by atoms with Crippen LogP contribution in [0.4, 0.5) is 11.6 Å². The number of benzene rings is 1. The second kappa shape index (κ2) is 5.74. The first-order valence-electron chi connectivity index (χ1n) is 5.52. The van der Waals surface area contributed by atoms with Gasteiger partial charge in [0.25, 0.3) is 5.91 Å². The molecule has 102 valence electrons. The zero-order chi connectivity index (χ0) is 14.5. The fourth-order valence-electron chi connectivity index (χ4n) is 1.51. The SMILES string of the molecule is COc1ccc(C(=O)Nc2ncccn2)cc1[N+](=O)[O-]. The van der Waals surface area contributed by atoms with Crippen LogP contribution in [0.1, 0.15) is 10.4 Å². The molecule has 0 aliphatic rings. The average molecular weight is 274 g/mol. The fourth-order valence-corrected chi connectivity index (χ4v) is 1.51. The number of ether oxygens (including phenoxy) is 1. The Labute approximate surface area is 113 Å². The van der Waals surface area contributed by atoms with E-state index in [2.05, 4.69) is 15.3 Å². The summed E-state index contributed by atoms with van der Waals surface area (Å²) < 4.78 is 4.86. The summed E-state index contributed by atoms with van der Waals surface area (Å²) in [6, 6.07) is 5.52. The summed E-state index contributed by atoms with van der Waals surface area (Å²) in [5.41, 5.74) is -0.168. The van der Waals surface area contributed by atoms with Gasteiger partial charge in [-0.25, -0.2) is 9.97 Å². The minimum atomic E-state index is -0.616. The maximum atomic E-state index is 11.9. The molecule has 8 nitrogen and oxygen atoms in total. The molecule has 20 heavy (non-hydrogen) atoms. The van der Waals surface area contributed by atoms with Crippen LogP contribution in [-0.2, 0) is 0 Å². The van der Waals surface area contributed by atoms with Crippen LogP contribution in [0.2, 0.25) is 0 Å². The van der Waals surface area contributed by atoms with Crippen molar-refractivity contribution in [3.05, 3.63) is 52.3 Å². The number of hydrogen-bond donors (Lipinski definition) is 1. The van der Waals surface area contributed by atoms with Gasteiger partial charge in [0.2, 0.25) is 5.95 Å². The number of aromatic nitrogens is 2. The van der Waals surface area contributed by atoms with Crippen molar-refractivity contribution >= 4 is 17.5 Å². The van der Waals surface area contributed by atoms with E-state index in [-0.39, 0.29) is 22.9 Å². The van der Waals surface area contributed by atoms with E-state index in [9.17, 15) is 14.9 Å². The summed E-state index contributed by atoms with van der Waals surface area (Å²) in [6.07, 6.45) is 2.94. The van der Waals surface area contributed by atoms with Gasteiger partial charge in [-0.2, -0.15) is 0 Å². The van der Waals surface area contributed by atoms with Crippen LogP contribution in [0.25, 0.3) is 0 Å². The summed E-state index contributed by atoms with van der Waals surface area (Å²) in [7, 11) is 1.32. The molecule has 0 fully saturated rings. The maximum absolute atomic E-state index is 11.9. The summed E-state index contributed by atoms with van der Waals surface area (Å²) in [5, 5.41) is 13.3. The predicted molar refractivity (Wildman–Crippen MR) is 69.6 cm³/mol. The fraction of sp³-hybridized carbons (Fsp3) is 0.0833. The maximum Gasteiger partial charge on any atom is 0.311 e. The first-order valence-corrected chi connectivity index (χ1v) is 5.52. The van der Waals surface area contributed by atoms with Gasteiger partial charge in [-0.1, -0.05) is 0 Å². The number of carbonyl (C=O) groups is 1. The second-order valence-corrected chi connectivity index (χ2v) is 3.67. The number of nitro benzene ring substituents is 1. The molecule has 0 spiro atoms. The van der Waals surface area contributed by atoms with Gasteiger partial charge >= 0.3 is 5.69 Å². The van der Waals surface area contributed by atoms with Gasteiger partial charge in [0.1, 0.15) is 0 Å². The smallest absolute Gasteiger partial charge is 0.311 e. The van der Waals surface area contributed by atoms with Crippen molar-refractivity contribution in [2.45, 2.75) is 0 Å². The van der Waals surface area contributed by atoms with Crippen LogP contribution in [0.5, 0.6) is 5.75 Å². The molecule has 0 radical (unpaired) electrons. The Morgan fingerprint density at radius 1 is 1.35 bits per heavy atom.